The minimum absolute atomic E-state index is 0.00136. The van der Waals surface area contributed by atoms with Crippen LogP contribution in [0.3, 0.4) is 0 Å². The summed E-state index contributed by atoms with van der Waals surface area (Å²) in [6.45, 7) is 7.20. The van der Waals surface area contributed by atoms with Crippen molar-refractivity contribution >= 4 is 39.1 Å². The topological polar surface area (TPSA) is 96.0 Å². The monoisotopic (exact) mass is 599 g/mol. The van der Waals surface area contributed by atoms with Crippen molar-refractivity contribution in [2.24, 2.45) is 0 Å². The van der Waals surface area contributed by atoms with Crippen LogP contribution in [0.4, 0.5) is 5.69 Å². The van der Waals surface area contributed by atoms with E-state index in [9.17, 15) is 18.0 Å². The van der Waals surface area contributed by atoms with Gasteiger partial charge in [0.05, 0.1) is 17.7 Å². The molecule has 220 valence electrons. The second-order valence-corrected chi connectivity index (χ2v) is 12.2. The van der Waals surface area contributed by atoms with Gasteiger partial charge < -0.3 is 15.0 Å². The van der Waals surface area contributed by atoms with Gasteiger partial charge in [0, 0.05) is 17.6 Å². The third-order valence-electron chi connectivity index (χ3n) is 6.88. The van der Waals surface area contributed by atoms with Crippen LogP contribution in [0.25, 0.3) is 0 Å². The quantitative estimate of drug-likeness (QED) is 0.277. The van der Waals surface area contributed by atoms with E-state index in [4.69, 9.17) is 16.3 Å². The van der Waals surface area contributed by atoms with E-state index < -0.39 is 28.5 Å². The van der Waals surface area contributed by atoms with Crippen LogP contribution in [0.1, 0.15) is 44.7 Å². The largest absolute Gasteiger partial charge is 0.495 e. The standard InChI is InChI=1S/C31H38ClN3O5S/c1-6-23(4)33-31(37)27(7-2)34(20-24-15-13-22(3)14-16-24)30(36)21-35(28-19-25(32)17-18-29(28)40-5)41(38,39)26-11-9-8-10-12-26/h8-19,23,27H,6-7,20-21H2,1-5H3,(H,33,37)/t23-,27-/m0/s1. The minimum Gasteiger partial charge on any atom is -0.495 e. The molecule has 2 atom stereocenters. The number of benzene rings is 3. The van der Waals surface area contributed by atoms with Gasteiger partial charge >= 0.3 is 0 Å². The summed E-state index contributed by atoms with van der Waals surface area (Å²) < 4.78 is 34.5. The first-order valence-electron chi connectivity index (χ1n) is 13.6. The van der Waals surface area contributed by atoms with Crippen molar-refractivity contribution in [2.45, 2.75) is 64.1 Å². The number of anilines is 1. The Morgan fingerprint density at radius 3 is 2.22 bits per heavy atom. The van der Waals surface area contributed by atoms with Crippen LogP contribution < -0.4 is 14.4 Å². The van der Waals surface area contributed by atoms with Crippen LogP contribution in [0.2, 0.25) is 5.02 Å². The zero-order valence-electron chi connectivity index (χ0n) is 24.1. The number of nitrogens with one attached hydrogen (secondary N) is 1. The number of carbonyl (C=O) groups excluding carboxylic acids is 2. The molecule has 0 fully saturated rings. The summed E-state index contributed by atoms with van der Waals surface area (Å²) >= 11 is 6.28. The first-order valence-corrected chi connectivity index (χ1v) is 15.4. The van der Waals surface area contributed by atoms with Gasteiger partial charge in [-0.15, -0.1) is 0 Å². The van der Waals surface area contributed by atoms with Crippen molar-refractivity contribution in [1.82, 2.24) is 10.2 Å². The van der Waals surface area contributed by atoms with Crippen LogP contribution in [-0.4, -0.2) is 50.9 Å². The van der Waals surface area contributed by atoms with Crippen LogP contribution >= 0.6 is 11.6 Å². The SMILES string of the molecule is CC[C@H](C)NC(=O)[C@H](CC)N(Cc1ccc(C)cc1)C(=O)CN(c1cc(Cl)ccc1OC)S(=O)(=O)c1ccccc1. The predicted molar refractivity (Wildman–Crippen MR) is 163 cm³/mol. The number of nitrogens with zero attached hydrogens (tertiary/aromatic N) is 2. The highest BCUT2D eigenvalue weighted by Gasteiger charge is 2.35. The maximum absolute atomic E-state index is 14.2. The van der Waals surface area contributed by atoms with Crippen LogP contribution in [0.15, 0.2) is 77.7 Å². The molecule has 0 aromatic heterocycles. The first kappa shape index (κ1) is 32.0. The number of sulfonamides is 1. The predicted octanol–water partition coefficient (Wildman–Crippen LogP) is 5.57. The molecule has 0 unspecified atom stereocenters. The minimum atomic E-state index is -4.24. The van der Waals surface area contributed by atoms with E-state index >= 15 is 0 Å². The van der Waals surface area contributed by atoms with E-state index in [1.807, 2.05) is 52.0 Å². The fourth-order valence-corrected chi connectivity index (χ4v) is 5.95. The molecule has 8 nitrogen and oxygen atoms in total. The van der Waals surface area contributed by atoms with Crippen molar-refractivity contribution in [3.8, 4) is 5.75 Å². The van der Waals surface area contributed by atoms with Gasteiger partial charge in [0.1, 0.15) is 18.3 Å². The number of methoxy groups -OCH3 is 1. The Balaban J connectivity index is 2.11. The lowest BCUT2D eigenvalue weighted by atomic mass is 10.1. The number of carbonyl (C=O) groups is 2. The molecule has 41 heavy (non-hydrogen) atoms. The van der Waals surface area contributed by atoms with E-state index in [2.05, 4.69) is 5.32 Å². The van der Waals surface area contributed by atoms with Crippen molar-refractivity contribution < 1.29 is 22.7 Å². The number of amides is 2. The first-order chi connectivity index (χ1) is 19.5. The molecule has 1 N–H and O–H groups in total. The molecule has 0 saturated carbocycles. The maximum Gasteiger partial charge on any atom is 0.264 e. The van der Waals surface area contributed by atoms with E-state index in [1.54, 1.807) is 30.3 Å². The van der Waals surface area contributed by atoms with Gasteiger partial charge in [-0.25, -0.2) is 8.42 Å². The summed E-state index contributed by atoms with van der Waals surface area (Å²) in [6.07, 6.45) is 1.07. The van der Waals surface area contributed by atoms with Gasteiger partial charge in [-0.05, 0) is 62.6 Å². The molecular weight excluding hydrogens is 562 g/mol. The molecule has 0 aliphatic heterocycles. The lowest BCUT2D eigenvalue weighted by Gasteiger charge is -2.34. The lowest BCUT2D eigenvalue weighted by molar-refractivity contribution is -0.140. The third-order valence-corrected chi connectivity index (χ3v) is 8.89. The molecule has 0 radical (unpaired) electrons. The molecule has 2 amide bonds. The molecule has 0 saturated heterocycles. The van der Waals surface area contributed by atoms with Gasteiger partial charge in [-0.3, -0.25) is 13.9 Å². The van der Waals surface area contributed by atoms with E-state index in [0.717, 1.165) is 21.9 Å². The average Bonchev–Trinajstić information content (AvgIpc) is 2.96. The Morgan fingerprint density at radius 1 is 0.976 bits per heavy atom. The second kappa shape index (κ2) is 14.4. The fraction of sp³-hybridized carbons (Fsp3) is 0.355. The Kier molecular flexibility index (Phi) is 11.2. The van der Waals surface area contributed by atoms with E-state index in [-0.39, 0.29) is 39.8 Å². The smallest absolute Gasteiger partial charge is 0.264 e. The van der Waals surface area contributed by atoms with E-state index in [1.165, 1.54) is 30.2 Å². The number of aryl methyl sites for hydroxylation is 1. The highest BCUT2D eigenvalue weighted by molar-refractivity contribution is 7.92. The molecule has 3 aromatic carbocycles. The van der Waals surface area contributed by atoms with Gasteiger partial charge in [0.2, 0.25) is 11.8 Å². The highest BCUT2D eigenvalue weighted by Crippen LogP contribution is 2.35. The second-order valence-electron chi connectivity index (χ2n) is 9.89. The molecule has 0 aliphatic rings. The highest BCUT2D eigenvalue weighted by atomic mass is 35.5. The van der Waals surface area contributed by atoms with Gasteiger partial charge in [-0.1, -0.05) is 73.5 Å². The Bertz CT molecular complexity index is 1430. The molecule has 10 heteroatoms. The van der Waals surface area contributed by atoms with Crippen LogP contribution in [-0.2, 0) is 26.2 Å². The number of ether oxygens (including phenoxy) is 1. The number of rotatable bonds is 13. The molecular formula is C31H38ClN3O5S. The summed E-state index contributed by atoms with van der Waals surface area (Å²) in [7, 11) is -2.82. The Hall–Kier alpha value is -3.56. The van der Waals surface area contributed by atoms with Crippen molar-refractivity contribution in [1.29, 1.82) is 0 Å². The zero-order chi connectivity index (χ0) is 30.2. The average molecular weight is 600 g/mol. The fourth-order valence-electron chi connectivity index (χ4n) is 4.34. The lowest BCUT2D eigenvalue weighted by Crippen LogP contribution is -2.53. The number of hydrogen-bond donors (Lipinski definition) is 1. The Labute approximate surface area is 248 Å². The Morgan fingerprint density at radius 2 is 1.63 bits per heavy atom. The van der Waals surface area contributed by atoms with Crippen LogP contribution in [0, 0.1) is 6.92 Å². The summed E-state index contributed by atoms with van der Waals surface area (Å²) in [5, 5.41) is 3.25. The van der Waals surface area contributed by atoms with Crippen molar-refractivity contribution in [3.63, 3.8) is 0 Å². The molecule has 0 aliphatic carbocycles. The third kappa shape index (κ3) is 8.01. The summed E-state index contributed by atoms with van der Waals surface area (Å²) in [6, 6.07) is 19.2. The normalized spacial score (nSPS) is 12.7. The van der Waals surface area contributed by atoms with Crippen LogP contribution in [0.5, 0.6) is 5.75 Å². The van der Waals surface area contributed by atoms with Gasteiger partial charge in [-0.2, -0.15) is 0 Å². The molecule has 3 rings (SSSR count). The van der Waals surface area contributed by atoms with Crippen molar-refractivity contribution in [3.05, 3.63) is 88.9 Å². The number of halogens is 1. The summed E-state index contributed by atoms with van der Waals surface area (Å²) in [5.74, 6) is -0.605. The van der Waals surface area contributed by atoms with Gasteiger partial charge in [0.15, 0.2) is 0 Å². The van der Waals surface area contributed by atoms with Gasteiger partial charge in [0.25, 0.3) is 10.0 Å². The molecule has 0 heterocycles. The van der Waals surface area contributed by atoms with E-state index in [0.29, 0.717) is 6.42 Å². The number of hydrogen-bond acceptors (Lipinski definition) is 5. The summed E-state index contributed by atoms with van der Waals surface area (Å²) in [4.78, 5) is 29.0. The molecule has 0 spiro atoms. The zero-order valence-corrected chi connectivity index (χ0v) is 25.7. The molecule has 0 bridgehead atoms. The summed E-state index contributed by atoms with van der Waals surface area (Å²) in [5.41, 5.74) is 1.99. The van der Waals surface area contributed by atoms with Crippen molar-refractivity contribution in [2.75, 3.05) is 18.0 Å². The maximum atomic E-state index is 14.2. The molecule has 3 aromatic rings.